The molecule has 1 heterocycles. The number of nitrogens with zero attached hydrogens (tertiary/aromatic N) is 1. The fourth-order valence-electron chi connectivity index (χ4n) is 2.10. The Morgan fingerprint density at radius 3 is 2.82 bits per heavy atom. The standard InChI is InChI=1S/C14H17NO2/c1-3-13(17-2)14(16)11-6-4-8-12-10(11)7-5-9-15-12/h4-9,13-14,16H,3H2,1-2H3. The summed E-state index contributed by atoms with van der Waals surface area (Å²) in [6.07, 6.45) is 1.74. The monoisotopic (exact) mass is 231 g/mol. The first-order valence-corrected chi connectivity index (χ1v) is 5.82. The van der Waals surface area contributed by atoms with Crippen LogP contribution in [0, 0.1) is 0 Å². The maximum absolute atomic E-state index is 10.3. The van der Waals surface area contributed by atoms with Gasteiger partial charge in [-0.1, -0.05) is 25.1 Å². The molecule has 1 aromatic carbocycles. The molecule has 2 atom stereocenters. The van der Waals surface area contributed by atoms with Crippen LogP contribution in [0.15, 0.2) is 36.5 Å². The summed E-state index contributed by atoms with van der Waals surface area (Å²) in [6.45, 7) is 2.00. The van der Waals surface area contributed by atoms with Gasteiger partial charge in [-0.25, -0.2) is 0 Å². The van der Waals surface area contributed by atoms with Gasteiger partial charge in [-0.15, -0.1) is 0 Å². The van der Waals surface area contributed by atoms with Gasteiger partial charge in [0.25, 0.3) is 0 Å². The van der Waals surface area contributed by atoms with Gasteiger partial charge in [0.2, 0.25) is 0 Å². The minimum atomic E-state index is -0.613. The summed E-state index contributed by atoms with van der Waals surface area (Å²) in [5.41, 5.74) is 1.78. The van der Waals surface area contributed by atoms with Gasteiger partial charge in [-0.3, -0.25) is 4.98 Å². The maximum atomic E-state index is 10.3. The van der Waals surface area contributed by atoms with Crippen molar-refractivity contribution in [3.8, 4) is 0 Å². The minimum Gasteiger partial charge on any atom is -0.386 e. The minimum absolute atomic E-state index is 0.180. The predicted octanol–water partition coefficient (Wildman–Crippen LogP) is 2.69. The third-order valence-corrected chi connectivity index (χ3v) is 3.06. The second-order valence-corrected chi connectivity index (χ2v) is 4.04. The van der Waals surface area contributed by atoms with Crippen LogP contribution < -0.4 is 0 Å². The molecule has 90 valence electrons. The maximum Gasteiger partial charge on any atom is 0.106 e. The average Bonchev–Trinajstić information content (AvgIpc) is 2.39. The van der Waals surface area contributed by atoms with Crippen molar-refractivity contribution in [2.45, 2.75) is 25.6 Å². The zero-order valence-electron chi connectivity index (χ0n) is 10.1. The molecular weight excluding hydrogens is 214 g/mol. The van der Waals surface area contributed by atoms with Gasteiger partial charge in [0.15, 0.2) is 0 Å². The van der Waals surface area contributed by atoms with Crippen molar-refractivity contribution < 1.29 is 9.84 Å². The van der Waals surface area contributed by atoms with E-state index in [1.165, 1.54) is 0 Å². The molecule has 3 nitrogen and oxygen atoms in total. The normalized spacial score (nSPS) is 14.8. The summed E-state index contributed by atoms with van der Waals surface area (Å²) in [4.78, 5) is 4.28. The van der Waals surface area contributed by atoms with Gasteiger partial charge in [0, 0.05) is 18.7 Å². The molecule has 2 rings (SSSR count). The Labute approximate surface area is 101 Å². The number of hydrogen-bond donors (Lipinski definition) is 1. The van der Waals surface area contributed by atoms with Crippen LogP contribution in [0.3, 0.4) is 0 Å². The molecule has 1 N–H and O–H groups in total. The Bertz CT molecular complexity index is 489. The van der Waals surface area contributed by atoms with Crippen molar-refractivity contribution in [1.82, 2.24) is 4.98 Å². The highest BCUT2D eigenvalue weighted by atomic mass is 16.5. The number of aliphatic hydroxyl groups excluding tert-OH is 1. The molecular formula is C14H17NO2. The van der Waals surface area contributed by atoms with Crippen LogP contribution >= 0.6 is 0 Å². The van der Waals surface area contributed by atoms with E-state index in [9.17, 15) is 5.11 Å². The molecule has 0 aliphatic rings. The van der Waals surface area contributed by atoms with Crippen molar-refractivity contribution in [3.63, 3.8) is 0 Å². The fraction of sp³-hybridized carbons (Fsp3) is 0.357. The molecule has 0 aliphatic carbocycles. The van der Waals surface area contributed by atoms with Crippen molar-refractivity contribution in [3.05, 3.63) is 42.1 Å². The number of aromatic nitrogens is 1. The van der Waals surface area contributed by atoms with Gasteiger partial charge in [-0.05, 0) is 24.1 Å². The van der Waals surface area contributed by atoms with E-state index in [1.807, 2.05) is 37.3 Å². The molecule has 1 aromatic heterocycles. The molecule has 2 unspecified atom stereocenters. The first kappa shape index (κ1) is 12.0. The van der Waals surface area contributed by atoms with Crippen molar-refractivity contribution >= 4 is 10.9 Å². The largest absolute Gasteiger partial charge is 0.386 e. The number of aliphatic hydroxyl groups is 1. The van der Waals surface area contributed by atoms with Crippen LogP contribution in [-0.4, -0.2) is 23.3 Å². The third-order valence-electron chi connectivity index (χ3n) is 3.06. The predicted molar refractivity (Wildman–Crippen MR) is 67.8 cm³/mol. The van der Waals surface area contributed by atoms with E-state index in [0.29, 0.717) is 0 Å². The van der Waals surface area contributed by atoms with Gasteiger partial charge in [0.05, 0.1) is 11.6 Å². The molecule has 0 amide bonds. The SMILES string of the molecule is CCC(OC)C(O)c1cccc2ncccc12. The Morgan fingerprint density at radius 2 is 2.12 bits per heavy atom. The number of rotatable bonds is 4. The van der Waals surface area contributed by atoms with Crippen LogP contribution in [0.2, 0.25) is 0 Å². The van der Waals surface area contributed by atoms with Crippen molar-refractivity contribution in [2.75, 3.05) is 7.11 Å². The molecule has 3 heteroatoms. The van der Waals surface area contributed by atoms with Gasteiger partial charge in [-0.2, -0.15) is 0 Å². The third kappa shape index (κ3) is 2.30. The lowest BCUT2D eigenvalue weighted by atomic mass is 9.98. The Morgan fingerprint density at radius 1 is 1.29 bits per heavy atom. The second-order valence-electron chi connectivity index (χ2n) is 4.04. The molecule has 0 aliphatic heterocycles. The van der Waals surface area contributed by atoms with E-state index in [2.05, 4.69) is 4.98 Å². The Balaban J connectivity index is 2.47. The van der Waals surface area contributed by atoms with Gasteiger partial charge in [0.1, 0.15) is 6.10 Å². The second kappa shape index (κ2) is 5.25. The van der Waals surface area contributed by atoms with Crippen LogP contribution in [0.1, 0.15) is 25.0 Å². The van der Waals surface area contributed by atoms with Crippen LogP contribution in [0.25, 0.3) is 10.9 Å². The summed E-state index contributed by atoms with van der Waals surface area (Å²) >= 11 is 0. The summed E-state index contributed by atoms with van der Waals surface area (Å²) in [5.74, 6) is 0. The highest BCUT2D eigenvalue weighted by molar-refractivity contribution is 5.82. The van der Waals surface area contributed by atoms with Gasteiger partial charge >= 0.3 is 0 Å². The number of fused-ring (bicyclic) bond motifs is 1. The fourth-order valence-corrected chi connectivity index (χ4v) is 2.10. The summed E-state index contributed by atoms with van der Waals surface area (Å²) in [7, 11) is 1.63. The Hall–Kier alpha value is -1.45. The zero-order chi connectivity index (χ0) is 12.3. The van der Waals surface area contributed by atoms with Crippen molar-refractivity contribution in [2.24, 2.45) is 0 Å². The van der Waals surface area contributed by atoms with E-state index in [0.717, 1.165) is 22.9 Å². The summed E-state index contributed by atoms with van der Waals surface area (Å²) in [6, 6.07) is 9.64. The topological polar surface area (TPSA) is 42.4 Å². The number of pyridine rings is 1. The number of methoxy groups -OCH3 is 1. The highest BCUT2D eigenvalue weighted by Crippen LogP contribution is 2.27. The lowest BCUT2D eigenvalue weighted by Gasteiger charge is -2.21. The van der Waals surface area contributed by atoms with E-state index in [4.69, 9.17) is 4.74 Å². The highest BCUT2D eigenvalue weighted by Gasteiger charge is 2.20. The molecule has 0 spiro atoms. The molecule has 0 bridgehead atoms. The lowest BCUT2D eigenvalue weighted by Crippen LogP contribution is -2.20. The zero-order valence-corrected chi connectivity index (χ0v) is 10.1. The van der Waals surface area contributed by atoms with Crippen molar-refractivity contribution in [1.29, 1.82) is 0 Å². The smallest absolute Gasteiger partial charge is 0.106 e. The molecule has 2 aromatic rings. The first-order valence-electron chi connectivity index (χ1n) is 5.82. The van der Waals surface area contributed by atoms with Crippen LogP contribution in [-0.2, 0) is 4.74 Å². The lowest BCUT2D eigenvalue weighted by molar-refractivity contribution is -0.0141. The summed E-state index contributed by atoms with van der Waals surface area (Å²) < 4.78 is 5.29. The molecule has 0 radical (unpaired) electrons. The van der Waals surface area contributed by atoms with E-state index < -0.39 is 6.10 Å². The van der Waals surface area contributed by atoms with E-state index >= 15 is 0 Å². The summed E-state index contributed by atoms with van der Waals surface area (Å²) in [5, 5.41) is 11.3. The van der Waals surface area contributed by atoms with Crippen LogP contribution in [0.5, 0.6) is 0 Å². The molecule has 0 fully saturated rings. The van der Waals surface area contributed by atoms with Gasteiger partial charge < -0.3 is 9.84 Å². The Kier molecular flexibility index (Phi) is 3.71. The first-order chi connectivity index (χ1) is 8.27. The number of ether oxygens (including phenoxy) is 1. The molecule has 0 saturated carbocycles. The molecule has 17 heavy (non-hydrogen) atoms. The van der Waals surface area contributed by atoms with E-state index in [1.54, 1.807) is 13.3 Å². The number of hydrogen-bond acceptors (Lipinski definition) is 3. The number of benzene rings is 1. The van der Waals surface area contributed by atoms with Crippen LogP contribution in [0.4, 0.5) is 0 Å². The quantitative estimate of drug-likeness (QED) is 0.879. The molecule has 0 saturated heterocycles. The average molecular weight is 231 g/mol. The van der Waals surface area contributed by atoms with E-state index in [-0.39, 0.29) is 6.10 Å².